The van der Waals surface area contributed by atoms with Crippen molar-refractivity contribution in [1.82, 2.24) is 14.8 Å². The summed E-state index contributed by atoms with van der Waals surface area (Å²) in [7, 11) is 0. The minimum absolute atomic E-state index is 0.0429. The number of amides is 2. The van der Waals surface area contributed by atoms with E-state index in [1.54, 1.807) is 33.6 Å². The first-order valence-corrected chi connectivity index (χ1v) is 11.9. The molecule has 0 saturated carbocycles. The molecule has 2 aromatic heterocycles. The summed E-state index contributed by atoms with van der Waals surface area (Å²) >= 11 is 3.20. The van der Waals surface area contributed by atoms with Crippen LogP contribution >= 0.6 is 22.7 Å². The number of para-hydroxylation sites is 2. The Kier molecular flexibility index (Phi) is 5.61. The van der Waals surface area contributed by atoms with Crippen molar-refractivity contribution in [2.45, 2.75) is 12.5 Å². The van der Waals surface area contributed by atoms with Gasteiger partial charge in [-0.25, -0.2) is 4.98 Å². The molecule has 0 aliphatic carbocycles. The van der Waals surface area contributed by atoms with Crippen LogP contribution in [0, 0.1) is 0 Å². The van der Waals surface area contributed by atoms with Gasteiger partial charge in [0.25, 0.3) is 5.91 Å². The molecular formula is C22H21N3O4S2. The Morgan fingerprint density at radius 3 is 2.55 bits per heavy atom. The smallest absolute Gasteiger partial charge is 0.267 e. The molecule has 1 unspecified atom stereocenters. The maximum atomic E-state index is 12.9. The number of hydrogen-bond donors (Lipinski definition) is 0. The summed E-state index contributed by atoms with van der Waals surface area (Å²) in [6.45, 7) is 2.20. The molecule has 2 aliphatic heterocycles. The predicted molar refractivity (Wildman–Crippen MR) is 119 cm³/mol. The van der Waals surface area contributed by atoms with Crippen molar-refractivity contribution in [3.63, 3.8) is 0 Å². The molecule has 0 N–H and O–H groups in total. The van der Waals surface area contributed by atoms with Crippen LogP contribution in [0.25, 0.3) is 9.88 Å². The molecule has 3 aromatic rings. The number of piperazine rings is 1. The van der Waals surface area contributed by atoms with Crippen molar-refractivity contribution < 1.29 is 19.1 Å². The molecule has 7 nitrogen and oxygen atoms in total. The summed E-state index contributed by atoms with van der Waals surface area (Å²) in [5.41, 5.74) is 0.795. The fourth-order valence-electron chi connectivity index (χ4n) is 3.69. The number of ether oxygens (including phenoxy) is 2. The third-order valence-corrected chi connectivity index (χ3v) is 7.27. The van der Waals surface area contributed by atoms with Crippen molar-refractivity contribution in [3.8, 4) is 21.4 Å². The number of thiazole rings is 1. The van der Waals surface area contributed by atoms with E-state index in [2.05, 4.69) is 4.98 Å². The Labute approximate surface area is 187 Å². The van der Waals surface area contributed by atoms with Crippen LogP contribution in [0.5, 0.6) is 11.5 Å². The molecule has 1 aromatic carbocycles. The normalized spacial score (nSPS) is 18.1. The second kappa shape index (κ2) is 8.68. The van der Waals surface area contributed by atoms with Gasteiger partial charge in [-0.05, 0) is 23.6 Å². The molecule has 5 rings (SSSR count). The first-order valence-electron chi connectivity index (χ1n) is 10.1. The third-order valence-electron chi connectivity index (χ3n) is 5.34. The third kappa shape index (κ3) is 4.28. The van der Waals surface area contributed by atoms with Crippen LogP contribution in [0.2, 0.25) is 0 Å². The van der Waals surface area contributed by atoms with E-state index in [-0.39, 0.29) is 24.8 Å². The zero-order valence-corrected chi connectivity index (χ0v) is 18.4. The SMILES string of the molecule is O=C(Cc1csc(-c2cccs2)n1)N1CCN(C(=O)C2COc3ccccc3O2)CC1. The Morgan fingerprint density at radius 2 is 1.77 bits per heavy atom. The fraction of sp³-hybridized carbons (Fsp3) is 0.318. The average Bonchev–Trinajstić information content (AvgIpc) is 3.50. The van der Waals surface area contributed by atoms with Gasteiger partial charge in [-0.1, -0.05) is 18.2 Å². The maximum absolute atomic E-state index is 12.9. The van der Waals surface area contributed by atoms with Gasteiger partial charge in [0.2, 0.25) is 12.0 Å². The zero-order chi connectivity index (χ0) is 21.2. The molecule has 2 amide bonds. The van der Waals surface area contributed by atoms with Gasteiger partial charge in [-0.3, -0.25) is 9.59 Å². The molecule has 2 aliphatic rings. The Hall–Kier alpha value is -2.91. The second-order valence-corrected chi connectivity index (χ2v) is 9.17. The van der Waals surface area contributed by atoms with Crippen molar-refractivity contribution in [2.75, 3.05) is 32.8 Å². The van der Waals surface area contributed by atoms with Crippen LogP contribution < -0.4 is 9.47 Å². The van der Waals surface area contributed by atoms with Crippen molar-refractivity contribution in [2.24, 2.45) is 0 Å². The highest BCUT2D eigenvalue weighted by molar-refractivity contribution is 7.20. The van der Waals surface area contributed by atoms with E-state index in [1.165, 1.54) is 0 Å². The molecule has 4 heterocycles. The molecule has 1 fully saturated rings. The molecule has 0 radical (unpaired) electrons. The molecule has 9 heteroatoms. The van der Waals surface area contributed by atoms with Crippen molar-refractivity contribution >= 4 is 34.5 Å². The van der Waals surface area contributed by atoms with E-state index in [0.717, 1.165) is 15.6 Å². The maximum Gasteiger partial charge on any atom is 0.267 e. The van der Waals surface area contributed by atoms with E-state index >= 15 is 0 Å². The monoisotopic (exact) mass is 455 g/mol. The van der Waals surface area contributed by atoms with Crippen LogP contribution in [0.1, 0.15) is 5.69 Å². The number of aromatic nitrogens is 1. The highest BCUT2D eigenvalue weighted by Gasteiger charge is 2.33. The molecule has 160 valence electrons. The highest BCUT2D eigenvalue weighted by Crippen LogP contribution is 2.31. The number of carbonyl (C=O) groups excluding carboxylic acids is 2. The van der Waals surface area contributed by atoms with E-state index in [1.807, 2.05) is 46.0 Å². The number of carbonyl (C=O) groups is 2. The zero-order valence-electron chi connectivity index (χ0n) is 16.7. The first-order chi connectivity index (χ1) is 15.2. The number of fused-ring (bicyclic) bond motifs is 1. The second-order valence-electron chi connectivity index (χ2n) is 7.37. The standard InChI is InChI=1S/C22H21N3O4S2/c26-20(12-15-14-31-21(23-15)19-6-3-11-30-19)24-7-9-25(10-8-24)22(27)18-13-28-16-4-1-2-5-17(16)29-18/h1-6,11,14,18H,7-10,12-13H2. The number of thiophene rings is 1. The molecule has 1 saturated heterocycles. The minimum Gasteiger partial charge on any atom is -0.485 e. The summed E-state index contributed by atoms with van der Waals surface area (Å²) in [5, 5.41) is 4.92. The Balaban J connectivity index is 1.13. The summed E-state index contributed by atoms with van der Waals surface area (Å²) in [5.74, 6) is 1.19. The van der Waals surface area contributed by atoms with E-state index in [9.17, 15) is 9.59 Å². The molecule has 31 heavy (non-hydrogen) atoms. The lowest BCUT2D eigenvalue weighted by molar-refractivity contribution is -0.146. The van der Waals surface area contributed by atoms with Crippen molar-refractivity contribution in [1.29, 1.82) is 0 Å². The number of benzene rings is 1. The van der Waals surface area contributed by atoms with Crippen molar-refractivity contribution in [3.05, 3.63) is 52.9 Å². The van der Waals surface area contributed by atoms with Gasteiger partial charge in [-0.2, -0.15) is 0 Å². The van der Waals surface area contributed by atoms with Gasteiger partial charge < -0.3 is 19.3 Å². The minimum atomic E-state index is -0.650. The van der Waals surface area contributed by atoms with Crippen LogP contribution in [-0.2, 0) is 16.0 Å². The van der Waals surface area contributed by atoms with Gasteiger partial charge in [-0.15, -0.1) is 22.7 Å². The van der Waals surface area contributed by atoms with Gasteiger partial charge in [0, 0.05) is 31.6 Å². The summed E-state index contributed by atoms with van der Waals surface area (Å²) < 4.78 is 11.5. The van der Waals surface area contributed by atoms with Gasteiger partial charge in [0.05, 0.1) is 17.0 Å². The molecule has 1 atom stereocenters. The topological polar surface area (TPSA) is 72.0 Å². The molecule has 0 bridgehead atoms. The molecular weight excluding hydrogens is 434 g/mol. The Morgan fingerprint density at radius 1 is 1.00 bits per heavy atom. The van der Waals surface area contributed by atoms with E-state index < -0.39 is 6.10 Å². The lowest BCUT2D eigenvalue weighted by Crippen LogP contribution is -2.55. The van der Waals surface area contributed by atoms with Gasteiger partial charge >= 0.3 is 0 Å². The fourth-order valence-corrected chi connectivity index (χ4v) is 5.32. The number of rotatable bonds is 4. The largest absolute Gasteiger partial charge is 0.485 e. The average molecular weight is 456 g/mol. The number of hydrogen-bond acceptors (Lipinski definition) is 7. The van der Waals surface area contributed by atoms with Crippen LogP contribution in [0.3, 0.4) is 0 Å². The lowest BCUT2D eigenvalue weighted by atomic mass is 10.2. The van der Waals surface area contributed by atoms with Gasteiger partial charge in [0.15, 0.2) is 11.5 Å². The lowest BCUT2D eigenvalue weighted by Gasteiger charge is -2.37. The van der Waals surface area contributed by atoms with Gasteiger partial charge in [0.1, 0.15) is 11.6 Å². The summed E-state index contributed by atoms with van der Waals surface area (Å²) in [4.78, 5) is 34.9. The quantitative estimate of drug-likeness (QED) is 0.605. The van der Waals surface area contributed by atoms with Crippen LogP contribution in [0.15, 0.2) is 47.2 Å². The van der Waals surface area contributed by atoms with Crippen LogP contribution in [0.4, 0.5) is 0 Å². The molecule has 0 spiro atoms. The summed E-state index contributed by atoms with van der Waals surface area (Å²) in [6.07, 6.45) is -0.366. The van der Waals surface area contributed by atoms with E-state index in [0.29, 0.717) is 37.7 Å². The predicted octanol–water partition coefficient (Wildman–Crippen LogP) is 2.92. The first kappa shape index (κ1) is 20.0. The highest BCUT2D eigenvalue weighted by atomic mass is 32.1. The van der Waals surface area contributed by atoms with E-state index in [4.69, 9.17) is 9.47 Å². The summed E-state index contributed by atoms with van der Waals surface area (Å²) in [6, 6.07) is 11.4. The van der Waals surface area contributed by atoms with Crippen LogP contribution in [-0.4, -0.2) is 65.5 Å². The Bertz CT molecular complexity index is 1070. The number of nitrogens with zero attached hydrogens (tertiary/aromatic N) is 3.